The average Bonchev–Trinajstić information content (AvgIpc) is 3.05. The molecule has 20 heavy (non-hydrogen) atoms. The van der Waals surface area contributed by atoms with Crippen LogP contribution in [0.15, 0.2) is 0 Å². The van der Waals surface area contributed by atoms with E-state index in [4.69, 9.17) is 0 Å². The molecule has 112 valence electrons. The van der Waals surface area contributed by atoms with Gasteiger partial charge in [-0.3, -0.25) is 9.59 Å². The Bertz CT molecular complexity index is 424. The van der Waals surface area contributed by atoms with Crippen LogP contribution in [0.25, 0.3) is 0 Å². The van der Waals surface area contributed by atoms with Crippen LogP contribution in [0.5, 0.6) is 0 Å². The first kappa shape index (κ1) is 13.9. The summed E-state index contributed by atoms with van der Waals surface area (Å²) in [5.74, 6) is -0.799. The Morgan fingerprint density at radius 3 is 2.45 bits per heavy atom. The van der Waals surface area contributed by atoms with Crippen molar-refractivity contribution in [2.24, 2.45) is 29.6 Å². The molecule has 2 N–H and O–H groups in total. The van der Waals surface area contributed by atoms with Gasteiger partial charge in [0.2, 0.25) is 5.91 Å². The van der Waals surface area contributed by atoms with Crippen molar-refractivity contribution < 1.29 is 19.8 Å². The summed E-state index contributed by atoms with van der Waals surface area (Å²) >= 11 is 0. The number of aliphatic carboxylic acids is 1. The van der Waals surface area contributed by atoms with E-state index < -0.39 is 11.9 Å². The van der Waals surface area contributed by atoms with E-state index in [0.717, 1.165) is 12.8 Å². The van der Waals surface area contributed by atoms with Gasteiger partial charge in [-0.25, -0.2) is 0 Å². The average molecular weight is 281 g/mol. The summed E-state index contributed by atoms with van der Waals surface area (Å²) in [5.41, 5.74) is 0. The summed E-state index contributed by atoms with van der Waals surface area (Å²) in [6, 6.07) is 0. The van der Waals surface area contributed by atoms with Gasteiger partial charge in [-0.15, -0.1) is 0 Å². The minimum Gasteiger partial charge on any atom is -0.481 e. The highest BCUT2D eigenvalue weighted by Crippen LogP contribution is 2.42. The first-order chi connectivity index (χ1) is 9.47. The van der Waals surface area contributed by atoms with Gasteiger partial charge < -0.3 is 15.1 Å². The van der Waals surface area contributed by atoms with E-state index in [1.165, 1.54) is 0 Å². The lowest BCUT2D eigenvalue weighted by molar-refractivity contribution is -0.148. The number of hydrogen-bond acceptors (Lipinski definition) is 3. The molecule has 6 unspecified atom stereocenters. The van der Waals surface area contributed by atoms with Crippen LogP contribution in [-0.2, 0) is 9.59 Å². The molecule has 0 radical (unpaired) electrons. The molecule has 1 saturated heterocycles. The van der Waals surface area contributed by atoms with E-state index >= 15 is 0 Å². The molecule has 3 fully saturated rings. The number of carbonyl (C=O) groups excluding carboxylic acids is 1. The van der Waals surface area contributed by atoms with Crippen molar-refractivity contribution in [2.75, 3.05) is 13.1 Å². The number of rotatable bonds is 2. The first-order valence-corrected chi connectivity index (χ1v) is 7.67. The number of carboxylic acid groups (broad SMARTS) is 1. The predicted molar refractivity (Wildman–Crippen MR) is 71.8 cm³/mol. The molecule has 0 aromatic rings. The minimum absolute atomic E-state index is 0.00310. The first-order valence-electron chi connectivity index (χ1n) is 7.67. The normalized spacial score (nSPS) is 43.8. The molecule has 5 nitrogen and oxygen atoms in total. The lowest BCUT2D eigenvalue weighted by Gasteiger charge is -2.24. The van der Waals surface area contributed by atoms with Crippen molar-refractivity contribution in [3.05, 3.63) is 0 Å². The Hall–Kier alpha value is -1.10. The Balaban J connectivity index is 1.69. The third kappa shape index (κ3) is 2.22. The fourth-order valence-corrected chi connectivity index (χ4v) is 4.49. The highest BCUT2D eigenvalue weighted by atomic mass is 16.4. The molecule has 3 aliphatic rings. The number of aliphatic hydroxyl groups is 1. The molecule has 0 aromatic heterocycles. The number of aliphatic hydroxyl groups excluding tert-OH is 1. The molecular formula is C15H23NO4. The van der Waals surface area contributed by atoms with E-state index in [2.05, 4.69) is 0 Å². The zero-order chi connectivity index (χ0) is 14.4. The summed E-state index contributed by atoms with van der Waals surface area (Å²) in [4.78, 5) is 25.8. The smallest absolute Gasteiger partial charge is 0.307 e. The fourth-order valence-electron chi connectivity index (χ4n) is 4.49. The maximum atomic E-state index is 12.6. The van der Waals surface area contributed by atoms with Crippen LogP contribution >= 0.6 is 0 Å². The van der Waals surface area contributed by atoms with Crippen LogP contribution in [0.3, 0.4) is 0 Å². The highest BCUT2D eigenvalue weighted by Gasteiger charge is 2.48. The fraction of sp³-hybridized carbons (Fsp3) is 0.867. The molecule has 3 rings (SSSR count). The molecular weight excluding hydrogens is 258 g/mol. The molecule has 6 atom stereocenters. The summed E-state index contributed by atoms with van der Waals surface area (Å²) < 4.78 is 0. The summed E-state index contributed by atoms with van der Waals surface area (Å²) in [6.45, 7) is 3.34. The minimum atomic E-state index is -0.841. The number of amides is 1. The molecule has 0 spiro atoms. The van der Waals surface area contributed by atoms with Crippen LogP contribution in [0.2, 0.25) is 0 Å². The van der Waals surface area contributed by atoms with Gasteiger partial charge in [-0.05, 0) is 37.5 Å². The van der Waals surface area contributed by atoms with Gasteiger partial charge in [0.05, 0.1) is 17.9 Å². The van der Waals surface area contributed by atoms with Crippen LogP contribution in [0.1, 0.15) is 32.6 Å². The second-order valence-corrected chi connectivity index (χ2v) is 6.94. The number of nitrogens with zero attached hydrogens (tertiary/aromatic N) is 1. The second kappa shape index (κ2) is 5.02. The van der Waals surface area contributed by atoms with Gasteiger partial charge in [-0.1, -0.05) is 6.92 Å². The quantitative estimate of drug-likeness (QED) is 0.790. The van der Waals surface area contributed by atoms with Crippen molar-refractivity contribution in [3.8, 4) is 0 Å². The number of carbonyl (C=O) groups is 2. The lowest BCUT2D eigenvalue weighted by atomic mass is 9.95. The largest absolute Gasteiger partial charge is 0.481 e. The number of fused-ring (bicyclic) bond motifs is 1. The summed E-state index contributed by atoms with van der Waals surface area (Å²) in [7, 11) is 0. The zero-order valence-corrected chi connectivity index (χ0v) is 11.9. The summed E-state index contributed by atoms with van der Waals surface area (Å²) in [6.07, 6.45) is 2.84. The molecule has 2 saturated carbocycles. The SMILES string of the molecule is CC1CC(C(=O)O)C(C(=O)N2CC3CCC(O)C3C2)C1. The summed E-state index contributed by atoms with van der Waals surface area (Å²) in [5, 5.41) is 19.2. The van der Waals surface area contributed by atoms with Crippen molar-refractivity contribution in [2.45, 2.75) is 38.7 Å². The molecule has 1 aliphatic heterocycles. The van der Waals surface area contributed by atoms with Crippen molar-refractivity contribution in [1.29, 1.82) is 0 Å². The number of carboxylic acids is 1. The van der Waals surface area contributed by atoms with Gasteiger partial charge >= 0.3 is 5.97 Å². The van der Waals surface area contributed by atoms with Crippen LogP contribution in [-0.4, -0.2) is 46.2 Å². The van der Waals surface area contributed by atoms with Gasteiger partial charge in [0.1, 0.15) is 0 Å². The van der Waals surface area contributed by atoms with Crippen molar-refractivity contribution >= 4 is 11.9 Å². The van der Waals surface area contributed by atoms with Crippen LogP contribution in [0.4, 0.5) is 0 Å². The lowest BCUT2D eigenvalue weighted by Crippen LogP contribution is -2.39. The highest BCUT2D eigenvalue weighted by molar-refractivity contribution is 5.85. The maximum absolute atomic E-state index is 12.6. The van der Waals surface area contributed by atoms with E-state index in [1.54, 1.807) is 0 Å². The van der Waals surface area contributed by atoms with Gasteiger partial charge in [-0.2, -0.15) is 0 Å². The predicted octanol–water partition coefficient (Wildman–Crippen LogP) is 0.963. The van der Waals surface area contributed by atoms with Crippen LogP contribution < -0.4 is 0 Å². The Kier molecular flexibility index (Phi) is 3.48. The second-order valence-electron chi connectivity index (χ2n) is 6.94. The number of likely N-dealkylation sites (tertiary alicyclic amines) is 1. The molecule has 0 aromatic carbocycles. The van der Waals surface area contributed by atoms with Crippen molar-refractivity contribution in [3.63, 3.8) is 0 Å². The monoisotopic (exact) mass is 281 g/mol. The third-order valence-electron chi connectivity index (χ3n) is 5.56. The van der Waals surface area contributed by atoms with Gasteiger partial charge in [0.15, 0.2) is 0 Å². The Morgan fingerprint density at radius 1 is 1.10 bits per heavy atom. The molecule has 5 heteroatoms. The van der Waals surface area contributed by atoms with Crippen LogP contribution in [0, 0.1) is 29.6 Å². The molecule has 0 bridgehead atoms. The number of hydrogen-bond donors (Lipinski definition) is 2. The standard InChI is InChI=1S/C15H23NO4/c1-8-4-10(11(5-8)15(19)20)14(18)16-6-9-2-3-13(17)12(9)7-16/h8-13,17H,2-7H2,1H3,(H,19,20). The third-order valence-corrected chi connectivity index (χ3v) is 5.56. The van der Waals surface area contributed by atoms with Gasteiger partial charge in [0.25, 0.3) is 0 Å². The van der Waals surface area contributed by atoms with Gasteiger partial charge in [0, 0.05) is 19.0 Å². The molecule has 1 amide bonds. The Labute approximate surface area is 119 Å². The van der Waals surface area contributed by atoms with E-state index in [0.29, 0.717) is 37.8 Å². The molecule has 2 aliphatic carbocycles. The van der Waals surface area contributed by atoms with E-state index in [9.17, 15) is 19.8 Å². The van der Waals surface area contributed by atoms with Crippen molar-refractivity contribution in [1.82, 2.24) is 4.90 Å². The Morgan fingerprint density at radius 2 is 1.80 bits per heavy atom. The zero-order valence-electron chi connectivity index (χ0n) is 11.9. The van der Waals surface area contributed by atoms with E-state index in [1.807, 2.05) is 11.8 Å². The van der Waals surface area contributed by atoms with E-state index in [-0.39, 0.29) is 23.8 Å². The molecule has 1 heterocycles. The topological polar surface area (TPSA) is 77.8 Å². The maximum Gasteiger partial charge on any atom is 0.307 e.